The average Bonchev–Trinajstić information content (AvgIpc) is 2.69. The maximum absolute atomic E-state index is 12.5. The summed E-state index contributed by atoms with van der Waals surface area (Å²) in [6.07, 6.45) is -4.71. The van der Waals surface area contributed by atoms with Crippen molar-refractivity contribution < 1.29 is 27.4 Å². The molecule has 28 heavy (non-hydrogen) atoms. The van der Waals surface area contributed by atoms with Crippen molar-refractivity contribution in [3.8, 4) is 17.2 Å². The number of methoxy groups -OCH3 is 2. The van der Waals surface area contributed by atoms with Crippen LogP contribution in [0.3, 0.4) is 0 Å². The Morgan fingerprint density at radius 3 is 2.14 bits per heavy atom. The van der Waals surface area contributed by atoms with Gasteiger partial charge < -0.3 is 19.5 Å². The van der Waals surface area contributed by atoms with Crippen LogP contribution in [0.5, 0.6) is 17.2 Å². The molecule has 0 aromatic heterocycles. The van der Waals surface area contributed by atoms with Gasteiger partial charge in [0, 0.05) is 31.7 Å². The van der Waals surface area contributed by atoms with Gasteiger partial charge in [-0.25, -0.2) is 0 Å². The lowest BCUT2D eigenvalue weighted by molar-refractivity contribution is -0.274. The summed E-state index contributed by atoms with van der Waals surface area (Å²) in [5.74, 6) is 1.14. The summed E-state index contributed by atoms with van der Waals surface area (Å²) in [6, 6.07) is 11.4. The molecule has 0 radical (unpaired) electrons. The highest BCUT2D eigenvalue weighted by Crippen LogP contribution is 2.38. The van der Waals surface area contributed by atoms with Crippen molar-refractivity contribution in [1.29, 1.82) is 0 Å². The quantitative estimate of drug-likeness (QED) is 0.808. The Labute approximate surface area is 162 Å². The molecule has 0 amide bonds. The smallest absolute Gasteiger partial charge is 0.497 e. The van der Waals surface area contributed by atoms with Crippen molar-refractivity contribution in [3.05, 3.63) is 53.6 Å². The molecule has 152 valence electrons. The highest BCUT2D eigenvalue weighted by atomic mass is 19.4. The maximum atomic E-state index is 12.5. The zero-order chi connectivity index (χ0) is 20.1. The number of piperazine rings is 1. The summed E-state index contributed by atoms with van der Waals surface area (Å²) in [4.78, 5) is 2.27. The lowest BCUT2D eigenvalue weighted by Gasteiger charge is -2.36. The Bertz CT molecular complexity index is 775. The second-order valence-electron chi connectivity index (χ2n) is 6.41. The van der Waals surface area contributed by atoms with Gasteiger partial charge in [0.15, 0.2) is 0 Å². The molecule has 0 spiro atoms. The maximum Gasteiger partial charge on any atom is 0.573 e. The minimum Gasteiger partial charge on any atom is -0.497 e. The van der Waals surface area contributed by atoms with Crippen LogP contribution in [0.25, 0.3) is 0 Å². The summed E-state index contributed by atoms with van der Waals surface area (Å²) in [6.45, 7) is 3.26. The van der Waals surface area contributed by atoms with Gasteiger partial charge in [-0.15, -0.1) is 13.2 Å². The second kappa shape index (κ2) is 8.70. The molecule has 1 aliphatic heterocycles. The van der Waals surface area contributed by atoms with Gasteiger partial charge in [0.2, 0.25) is 0 Å². The van der Waals surface area contributed by atoms with Gasteiger partial charge >= 0.3 is 6.36 Å². The molecule has 1 atom stereocenters. The minimum atomic E-state index is -4.71. The molecule has 0 bridgehead atoms. The lowest BCUT2D eigenvalue weighted by atomic mass is 9.95. The van der Waals surface area contributed by atoms with Crippen LogP contribution in [0, 0.1) is 0 Å². The molecule has 5 nitrogen and oxygen atoms in total. The molecular weight excluding hydrogens is 373 g/mol. The third kappa shape index (κ3) is 4.88. The summed E-state index contributed by atoms with van der Waals surface area (Å²) >= 11 is 0. The van der Waals surface area contributed by atoms with Gasteiger partial charge in [0.05, 0.1) is 20.3 Å². The number of nitrogens with one attached hydrogen (secondary N) is 1. The Balaban J connectivity index is 2.00. The Morgan fingerprint density at radius 2 is 1.57 bits per heavy atom. The fraction of sp³-hybridized carbons (Fsp3) is 0.400. The van der Waals surface area contributed by atoms with Crippen LogP contribution in [0.15, 0.2) is 42.5 Å². The molecule has 1 fully saturated rings. The van der Waals surface area contributed by atoms with Crippen LogP contribution in [0.2, 0.25) is 0 Å². The number of alkyl halides is 3. The Hall–Kier alpha value is -2.45. The summed E-state index contributed by atoms with van der Waals surface area (Å²) in [7, 11) is 3.19. The zero-order valence-electron chi connectivity index (χ0n) is 15.8. The van der Waals surface area contributed by atoms with E-state index >= 15 is 0 Å². The molecule has 0 unspecified atom stereocenters. The van der Waals surface area contributed by atoms with E-state index in [1.807, 2.05) is 18.2 Å². The molecule has 1 aliphatic rings. The summed E-state index contributed by atoms with van der Waals surface area (Å²) in [5.41, 5.74) is 1.75. The van der Waals surface area contributed by atoms with Crippen molar-refractivity contribution in [2.45, 2.75) is 12.4 Å². The molecule has 0 saturated carbocycles. The predicted molar refractivity (Wildman–Crippen MR) is 99.0 cm³/mol. The number of hydrogen-bond acceptors (Lipinski definition) is 5. The van der Waals surface area contributed by atoms with E-state index in [4.69, 9.17) is 9.47 Å². The highest BCUT2D eigenvalue weighted by Gasteiger charge is 2.31. The van der Waals surface area contributed by atoms with Gasteiger partial charge in [0.25, 0.3) is 0 Å². The number of hydrogen-bond donors (Lipinski definition) is 1. The fourth-order valence-electron chi connectivity index (χ4n) is 3.43. The number of halogens is 3. The second-order valence-corrected chi connectivity index (χ2v) is 6.41. The van der Waals surface area contributed by atoms with Gasteiger partial charge in [-0.2, -0.15) is 0 Å². The first-order chi connectivity index (χ1) is 13.4. The molecule has 1 N–H and O–H groups in total. The van der Waals surface area contributed by atoms with E-state index in [2.05, 4.69) is 15.0 Å². The van der Waals surface area contributed by atoms with Crippen molar-refractivity contribution in [2.24, 2.45) is 0 Å². The molecule has 2 aromatic rings. The van der Waals surface area contributed by atoms with Gasteiger partial charge in [-0.05, 0) is 35.9 Å². The van der Waals surface area contributed by atoms with Crippen LogP contribution < -0.4 is 19.5 Å². The number of rotatable bonds is 6. The number of ether oxygens (including phenoxy) is 3. The van der Waals surface area contributed by atoms with Crippen molar-refractivity contribution >= 4 is 0 Å². The molecule has 0 aliphatic carbocycles. The van der Waals surface area contributed by atoms with Crippen molar-refractivity contribution in [1.82, 2.24) is 10.2 Å². The van der Waals surface area contributed by atoms with E-state index in [0.29, 0.717) is 11.5 Å². The lowest BCUT2D eigenvalue weighted by Crippen LogP contribution is -2.45. The first-order valence-corrected chi connectivity index (χ1v) is 8.93. The Kier molecular flexibility index (Phi) is 6.31. The first-order valence-electron chi connectivity index (χ1n) is 8.93. The third-order valence-corrected chi connectivity index (χ3v) is 4.68. The predicted octanol–water partition coefficient (Wildman–Crippen LogP) is 3.60. The molecule has 1 heterocycles. The molecule has 1 saturated heterocycles. The standard InChI is InChI=1S/C20H23F3N2O3/c1-26-16-7-8-18(27-2)17(13-16)19(25-11-9-24-10-12-25)14-3-5-15(6-4-14)28-20(21,22)23/h3-8,13,19,24H,9-12H2,1-2H3/t19-/m0/s1. The normalized spacial score (nSPS) is 16.5. The topological polar surface area (TPSA) is 43.0 Å². The van der Waals surface area contributed by atoms with Crippen molar-refractivity contribution in [3.63, 3.8) is 0 Å². The highest BCUT2D eigenvalue weighted by molar-refractivity contribution is 5.47. The molecule has 3 rings (SSSR count). The van der Waals surface area contributed by atoms with E-state index in [0.717, 1.165) is 37.3 Å². The van der Waals surface area contributed by atoms with E-state index in [1.165, 1.54) is 12.1 Å². The fourth-order valence-corrected chi connectivity index (χ4v) is 3.43. The number of nitrogens with zero attached hydrogens (tertiary/aromatic N) is 1. The zero-order valence-corrected chi connectivity index (χ0v) is 15.8. The Morgan fingerprint density at radius 1 is 0.929 bits per heavy atom. The largest absolute Gasteiger partial charge is 0.573 e. The average molecular weight is 396 g/mol. The van der Waals surface area contributed by atoms with Crippen LogP contribution >= 0.6 is 0 Å². The van der Waals surface area contributed by atoms with Crippen molar-refractivity contribution in [2.75, 3.05) is 40.4 Å². The van der Waals surface area contributed by atoms with Crippen LogP contribution in [0.1, 0.15) is 17.2 Å². The van der Waals surface area contributed by atoms with Gasteiger partial charge in [-0.3, -0.25) is 4.90 Å². The monoisotopic (exact) mass is 396 g/mol. The van der Waals surface area contributed by atoms with E-state index < -0.39 is 6.36 Å². The van der Waals surface area contributed by atoms with E-state index in [9.17, 15) is 13.2 Å². The SMILES string of the molecule is COc1ccc(OC)c([C@H](c2ccc(OC(F)(F)F)cc2)N2CCNCC2)c1. The van der Waals surface area contributed by atoms with Crippen LogP contribution in [0.4, 0.5) is 13.2 Å². The summed E-state index contributed by atoms with van der Waals surface area (Å²) < 4.78 is 52.3. The molecule has 2 aromatic carbocycles. The summed E-state index contributed by atoms with van der Waals surface area (Å²) in [5, 5.41) is 3.32. The van der Waals surface area contributed by atoms with Crippen LogP contribution in [-0.4, -0.2) is 51.7 Å². The van der Waals surface area contributed by atoms with E-state index in [-0.39, 0.29) is 11.8 Å². The van der Waals surface area contributed by atoms with Gasteiger partial charge in [-0.1, -0.05) is 12.1 Å². The third-order valence-electron chi connectivity index (χ3n) is 4.68. The van der Waals surface area contributed by atoms with Gasteiger partial charge in [0.1, 0.15) is 17.2 Å². The first kappa shape index (κ1) is 20.3. The van der Waals surface area contributed by atoms with Crippen LogP contribution in [-0.2, 0) is 0 Å². The van der Waals surface area contributed by atoms with E-state index in [1.54, 1.807) is 26.4 Å². The number of benzene rings is 2. The minimum absolute atomic E-state index is 0.188. The molecule has 8 heteroatoms. The molecular formula is C20H23F3N2O3.